The van der Waals surface area contributed by atoms with Gasteiger partial charge < -0.3 is 0 Å². The second kappa shape index (κ2) is 4.69. The maximum Gasteiger partial charge on any atom is 0.0714 e. The molecule has 0 unspecified atom stereocenters. The highest BCUT2D eigenvalue weighted by molar-refractivity contribution is 7.99. The van der Waals surface area contributed by atoms with Crippen molar-refractivity contribution in [2.75, 3.05) is 5.75 Å². The number of nitrogens with zero attached hydrogens (tertiary/aromatic N) is 1. The molecule has 0 bridgehead atoms. The largest absolute Gasteiger partial charge is 0.256 e. The second-order valence-electron chi connectivity index (χ2n) is 3.07. The van der Waals surface area contributed by atoms with E-state index in [9.17, 15) is 0 Å². The number of rotatable bonds is 3. The first kappa shape index (κ1) is 10.5. The third-order valence-electron chi connectivity index (χ3n) is 2.02. The van der Waals surface area contributed by atoms with Crippen LogP contribution in [0.1, 0.15) is 0 Å². The molecule has 2 aromatic rings. The maximum absolute atomic E-state index is 5.97. The van der Waals surface area contributed by atoms with Crippen LogP contribution < -0.4 is 0 Å². The van der Waals surface area contributed by atoms with E-state index in [0.717, 1.165) is 21.7 Å². The van der Waals surface area contributed by atoms with Crippen molar-refractivity contribution in [2.24, 2.45) is 0 Å². The van der Waals surface area contributed by atoms with E-state index < -0.39 is 0 Å². The molecule has 2 rings (SSSR count). The Morgan fingerprint density at radius 2 is 2.27 bits per heavy atom. The molecule has 0 radical (unpaired) electrons. The molecule has 15 heavy (non-hydrogen) atoms. The Kier molecular flexibility index (Phi) is 3.29. The van der Waals surface area contributed by atoms with Crippen LogP contribution in [0.2, 0.25) is 5.02 Å². The minimum absolute atomic E-state index is 0.746. The van der Waals surface area contributed by atoms with E-state index in [-0.39, 0.29) is 0 Å². The van der Waals surface area contributed by atoms with E-state index in [1.54, 1.807) is 11.8 Å². The summed E-state index contributed by atoms with van der Waals surface area (Å²) in [6.07, 6.45) is 3.71. The topological polar surface area (TPSA) is 12.9 Å². The lowest BCUT2D eigenvalue weighted by atomic mass is 10.2. The standard InChI is InChI=1S/C12H10ClNS/c1-2-7-15-12-5-6-14-11-4-3-9(13)8-10(11)12/h2-6,8H,1,7H2. The number of pyridine rings is 1. The summed E-state index contributed by atoms with van der Waals surface area (Å²) in [6, 6.07) is 7.76. The molecule has 1 aromatic heterocycles. The first-order valence-corrected chi connectivity index (χ1v) is 5.95. The lowest BCUT2D eigenvalue weighted by molar-refractivity contribution is 1.35. The molecule has 0 atom stereocenters. The van der Waals surface area contributed by atoms with E-state index in [1.165, 1.54) is 4.90 Å². The summed E-state index contributed by atoms with van der Waals surface area (Å²) in [4.78, 5) is 5.49. The number of benzene rings is 1. The smallest absolute Gasteiger partial charge is 0.0714 e. The highest BCUT2D eigenvalue weighted by atomic mass is 35.5. The monoisotopic (exact) mass is 235 g/mol. The van der Waals surface area contributed by atoms with Gasteiger partial charge in [-0.1, -0.05) is 17.7 Å². The van der Waals surface area contributed by atoms with Crippen LogP contribution in [0.4, 0.5) is 0 Å². The second-order valence-corrected chi connectivity index (χ2v) is 4.57. The van der Waals surface area contributed by atoms with Crippen LogP contribution in [0.3, 0.4) is 0 Å². The summed E-state index contributed by atoms with van der Waals surface area (Å²) in [6.45, 7) is 3.71. The zero-order valence-electron chi connectivity index (χ0n) is 8.11. The fourth-order valence-corrected chi connectivity index (χ4v) is 2.31. The average Bonchev–Trinajstić information content (AvgIpc) is 2.26. The zero-order valence-corrected chi connectivity index (χ0v) is 9.68. The minimum atomic E-state index is 0.746. The van der Waals surface area contributed by atoms with Gasteiger partial charge in [-0.25, -0.2) is 0 Å². The van der Waals surface area contributed by atoms with Crippen molar-refractivity contribution in [3.05, 3.63) is 48.1 Å². The van der Waals surface area contributed by atoms with E-state index in [0.29, 0.717) is 0 Å². The zero-order chi connectivity index (χ0) is 10.7. The number of aromatic nitrogens is 1. The lowest BCUT2D eigenvalue weighted by Gasteiger charge is -2.04. The molecule has 1 nitrogen and oxygen atoms in total. The fourth-order valence-electron chi connectivity index (χ4n) is 1.37. The van der Waals surface area contributed by atoms with Crippen LogP contribution in [0.5, 0.6) is 0 Å². The van der Waals surface area contributed by atoms with E-state index in [1.807, 2.05) is 36.5 Å². The van der Waals surface area contributed by atoms with Crippen molar-refractivity contribution in [2.45, 2.75) is 4.90 Å². The van der Waals surface area contributed by atoms with Gasteiger partial charge in [-0.15, -0.1) is 18.3 Å². The van der Waals surface area contributed by atoms with Crippen LogP contribution in [-0.4, -0.2) is 10.7 Å². The highest BCUT2D eigenvalue weighted by Crippen LogP contribution is 2.28. The normalized spacial score (nSPS) is 10.5. The molecule has 76 valence electrons. The van der Waals surface area contributed by atoms with Gasteiger partial charge in [-0.05, 0) is 24.3 Å². The molecule has 0 amide bonds. The highest BCUT2D eigenvalue weighted by Gasteiger charge is 2.02. The molecular formula is C12H10ClNS. The molecule has 0 spiro atoms. The molecule has 1 heterocycles. The van der Waals surface area contributed by atoms with Gasteiger partial charge in [0.1, 0.15) is 0 Å². The van der Waals surface area contributed by atoms with Gasteiger partial charge in [0.05, 0.1) is 5.52 Å². The number of fused-ring (bicyclic) bond motifs is 1. The van der Waals surface area contributed by atoms with Gasteiger partial charge in [0.2, 0.25) is 0 Å². The molecule has 0 aliphatic carbocycles. The number of hydrogen-bond donors (Lipinski definition) is 0. The quantitative estimate of drug-likeness (QED) is 0.585. The molecule has 0 aliphatic rings. The molecule has 0 saturated heterocycles. The number of halogens is 1. The minimum Gasteiger partial charge on any atom is -0.256 e. The Balaban J connectivity index is 2.52. The summed E-state index contributed by atoms with van der Waals surface area (Å²) in [5.41, 5.74) is 0.980. The van der Waals surface area contributed by atoms with Crippen LogP contribution in [0, 0.1) is 0 Å². The Hall–Kier alpha value is -0.990. The predicted octanol–water partition coefficient (Wildman–Crippen LogP) is 4.17. The maximum atomic E-state index is 5.97. The van der Waals surface area contributed by atoms with E-state index in [2.05, 4.69) is 11.6 Å². The number of hydrogen-bond acceptors (Lipinski definition) is 2. The van der Waals surface area contributed by atoms with Crippen LogP contribution in [0.15, 0.2) is 48.0 Å². The van der Waals surface area contributed by atoms with Gasteiger partial charge in [-0.3, -0.25) is 4.98 Å². The van der Waals surface area contributed by atoms with Crippen molar-refractivity contribution in [3.63, 3.8) is 0 Å². The molecule has 0 N–H and O–H groups in total. The Morgan fingerprint density at radius 1 is 1.40 bits per heavy atom. The van der Waals surface area contributed by atoms with Crippen LogP contribution in [0.25, 0.3) is 10.9 Å². The van der Waals surface area contributed by atoms with Crippen molar-refractivity contribution >= 4 is 34.3 Å². The summed E-state index contributed by atoms with van der Waals surface area (Å²) < 4.78 is 0. The lowest BCUT2D eigenvalue weighted by Crippen LogP contribution is -1.82. The van der Waals surface area contributed by atoms with Gasteiger partial charge in [-0.2, -0.15) is 0 Å². The van der Waals surface area contributed by atoms with Gasteiger partial charge in [0.15, 0.2) is 0 Å². The molecular weight excluding hydrogens is 226 g/mol. The van der Waals surface area contributed by atoms with Crippen molar-refractivity contribution in [1.29, 1.82) is 0 Å². The molecule has 0 fully saturated rings. The molecule has 1 aromatic carbocycles. The summed E-state index contributed by atoms with van der Waals surface area (Å²) >= 11 is 7.71. The first-order chi connectivity index (χ1) is 7.31. The first-order valence-electron chi connectivity index (χ1n) is 4.59. The van der Waals surface area contributed by atoms with E-state index >= 15 is 0 Å². The average molecular weight is 236 g/mol. The Labute approximate surface area is 98.2 Å². The Bertz CT molecular complexity index is 496. The molecule has 0 aliphatic heterocycles. The van der Waals surface area contributed by atoms with Crippen molar-refractivity contribution < 1.29 is 0 Å². The molecule has 3 heteroatoms. The van der Waals surface area contributed by atoms with Crippen LogP contribution >= 0.6 is 23.4 Å². The summed E-state index contributed by atoms with van der Waals surface area (Å²) in [5, 5.41) is 1.85. The SMILES string of the molecule is C=CCSc1ccnc2ccc(Cl)cc12. The summed E-state index contributed by atoms with van der Waals surface area (Å²) in [7, 11) is 0. The van der Waals surface area contributed by atoms with Crippen molar-refractivity contribution in [3.8, 4) is 0 Å². The van der Waals surface area contributed by atoms with Gasteiger partial charge in [0.25, 0.3) is 0 Å². The van der Waals surface area contributed by atoms with Gasteiger partial charge in [0, 0.05) is 27.3 Å². The third-order valence-corrected chi connectivity index (χ3v) is 3.32. The predicted molar refractivity (Wildman–Crippen MR) is 67.7 cm³/mol. The Morgan fingerprint density at radius 3 is 3.07 bits per heavy atom. The van der Waals surface area contributed by atoms with Gasteiger partial charge >= 0.3 is 0 Å². The molecule has 0 saturated carbocycles. The number of thioether (sulfide) groups is 1. The fraction of sp³-hybridized carbons (Fsp3) is 0.0833. The third kappa shape index (κ3) is 2.33. The van der Waals surface area contributed by atoms with Crippen molar-refractivity contribution in [1.82, 2.24) is 4.98 Å². The van der Waals surface area contributed by atoms with Crippen LogP contribution in [-0.2, 0) is 0 Å². The summed E-state index contributed by atoms with van der Waals surface area (Å²) in [5.74, 6) is 0.894. The van der Waals surface area contributed by atoms with E-state index in [4.69, 9.17) is 11.6 Å².